The van der Waals surface area contributed by atoms with Crippen LogP contribution in [-0.4, -0.2) is 61.9 Å². The average Bonchev–Trinajstić information content (AvgIpc) is 2.88. The van der Waals surface area contributed by atoms with Crippen LogP contribution in [0, 0.1) is 0 Å². The molecule has 188 valence electrons. The summed E-state index contributed by atoms with van der Waals surface area (Å²) < 4.78 is 24.9. The summed E-state index contributed by atoms with van der Waals surface area (Å²) in [5.41, 5.74) is 3.36. The van der Waals surface area contributed by atoms with Crippen molar-refractivity contribution in [2.24, 2.45) is 0 Å². The van der Waals surface area contributed by atoms with Crippen molar-refractivity contribution >= 4 is 27.5 Å². The van der Waals surface area contributed by atoms with Gasteiger partial charge in [0.25, 0.3) is 11.8 Å². The van der Waals surface area contributed by atoms with Crippen molar-refractivity contribution in [3.05, 3.63) is 101 Å². The van der Waals surface area contributed by atoms with Gasteiger partial charge < -0.3 is 10.6 Å². The predicted molar refractivity (Wildman–Crippen MR) is 140 cm³/mol. The van der Waals surface area contributed by atoms with Crippen molar-refractivity contribution in [2.75, 3.05) is 37.8 Å². The van der Waals surface area contributed by atoms with Gasteiger partial charge in [-0.1, -0.05) is 54.6 Å². The van der Waals surface area contributed by atoms with E-state index in [-0.39, 0.29) is 11.8 Å². The largest absolute Gasteiger partial charge is 0.348 e. The zero-order chi connectivity index (χ0) is 25.5. The molecule has 0 atom stereocenters. The SMILES string of the molecule is CS(=O)(=O)N1CCN(Cc2ccc(C(=O)Nc3ccccc3C(=O)NCc3ccccc3)cc2)CC1. The van der Waals surface area contributed by atoms with E-state index in [1.54, 1.807) is 36.4 Å². The van der Waals surface area contributed by atoms with Crippen molar-refractivity contribution in [3.8, 4) is 0 Å². The van der Waals surface area contributed by atoms with Gasteiger partial charge >= 0.3 is 0 Å². The molecule has 3 aromatic rings. The van der Waals surface area contributed by atoms with Crippen LogP contribution in [0.1, 0.15) is 31.8 Å². The third-order valence-electron chi connectivity index (χ3n) is 6.14. The van der Waals surface area contributed by atoms with Crippen molar-refractivity contribution in [3.63, 3.8) is 0 Å². The summed E-state index contributed by atoms with van der Waals surface area (Å²) in [6.07, 6.45) is 1.24. The number of amides is 2. The fourth-order valence-corrected chi connectivity index (χ4v) is 4.92. The number of benzene rings is 3. The van der Waals surface area contributed by atoms with Gasteiger partial charge in [-0.05, 0) is 35.4 Å². The third-order valence-corrected chi connectivity index (χ3v) is 7.44. The van der Waals surface area contributed by atoms with Crippen LogP contribution in [-0.2, 0) is 23.1 Å². The van der Waals surface area contributed by atoms with E-state index in [9.17, 15) is 18.0 Å². The van der Waals surface area contributed by atoms with Crippen LogP contribution < -0.4 is 10.6 Å². The minimum absolute atomic E-state index is 0.263. The Balaban J connectivity index is 1.34. The molecule has 8 nitrogen and oxygen atoms in total. The van der Waals surface area contributed by atoms with Crippen LogP contribution in [0.15, 0.2) is 78.9 Å². The molecule has 0 unspecified atom stereocenters. The zero-order valence-electron chi connectivity index (χ0n) is 20.2. The van der Waals surface area contributed by atoms with E-state index in [2.05, 4.69) is 15.5 Å². The first kappa shape index (κ1) is 25.6. The van der Waals surface area contributed by atoms with E-state index in [1.165, 1.54) is 10.6 Å². The summed E-state index contributed by atoms with van der Waals surface area (Å²) in [6, 6.07) is 23.9. The van der Waals surface area contributed by atoms with E-state index in [0.29, 0.717) is 56.1 Å². The molecule has 0 bridgehead atoms. The van der Waals surface area contributed by atoms with Gasteiger partial charge in [0.1, 0.15) is 0 Å². The lowest BCUT2D eigenvalue weighted by Crippen LogP contribution is -2.47. The quantitative estimate of drug-likeness (QED) is 0.490. The molecular formula is C27H30N4O4S. The summed E-state index contributed by atoms with van der Waals surface area (Å²) >= 11 is 0. The molecule has 0 aliphatic carbocycles. The Hall–Kier alpha value is -3.53. The van der Waals surface area contributed by atoms with Gasteiger partial charge in [0, 0.05) is 44.8 Å². The summed E-state index contributed by atoms with van der Waals surface area (Å²) in [7, 11) is -3.15. The second-order valence-corrected chi connectivity index (χ2v) is 10.8. The number of rotatable bonds is 8. The molecule has 0 radical (unpaired) electrons. The molecule has 0 saturated carbocycles. The summed E-state index contributed by atoms with van der Waals surface area (Å²) in [4.78, 5) is 27.8. The molecule has 0 aromatic heterocycles. The number of hydrogen-bond acceptors (Lipinski definition) is 5. The molecule has 3 aromatic carbocycles. The summed E-state index contributed by atoms with van der Waals surface area (Å²) in [6.45, 7) is 3.38. The molecule has 2 amide bonds. The Labute approximate surface area is 212 Å². The standard InChI is InChI=1S/C27H30N4O4S/c1-36(34,35)31-17-15-30(16-18-31)20-22-11-13-23(14-12-22)26(32)29-25-10-6-5-9-24(25)27(33)28-19-21-7-3-2-4-8-21/h2-14H,15-20H2,1H3,(H,28,33)(H,29,32). The van der Waals surface area contributed by atoms with Crippen molar-refractivity contribution in [1.29, 1.82) is 0 Å². The maximum atomic E-state index is 12.9. The monoisotopic (exact) mass is 506 g/mol. The summed E-state index contributed by atoms with van der Waals surface area (Å²) in [5.74, 6) is -0.562. The Bertz CT molecular complexity index is 1300. The highest BCUT2D eigenvalue weighted by atomic mass is 32.2. The van der Waals surface area contributed by atoms with E-state index < -0.39 is 10.0 Å². The van der Waals surface area contributed by atoms with E-state index in [4.69, 9.17) is 0 Å². The molecule has 1 aliphatic heterocycles. The van der Waals surface area contributed by atoms with E-state index >= 15 is 0 Å². The molecular weight excluding hydrogens is 476 g/mol. The third kappa shape index (κ3) is 6.78. The lowest BCUT2D eigenvalue weighted by molar-refractivity contribution is 0.0951. The van der Waals surface area contributed by atoms with E-state index in [1.807, 2.05) is 42.5 Å². The van der Waals surface area contributed by atoms with Gasteiger partial charge in [-0.25, -0.2) is 8.42 Å². The number of carbonyl (C=O) groups excluding carboxylic acids is 2. The van der Waals surface area contributed by atoms with Crippen LogP contribution in [0.2, 0.25) is 0 Å². The van der Waals surface area contributed by atoms with Gasteiger partial charge in [-0.2, -0.15) is 4.31 Å². The van der Waals surface area contributed by atoms with Crippen LogP contribution in [0.3, 0.4) is 0 Å². The van der Waals surface area contributed by atoms with Crippen LogP contribution in [0.4, 0.5) is 5.69 Å². The van der Waals surface area contributed by atoms with Gasteiger partial charge in [-0.3, -0.25) is 14.5 Å². The topological polar surface area (TPSA) is 98.8 Å². The normalized spacial score (nSPS) is 14.8. The van der Waals surface area contributed by atoms with Crippen molar-refractivity contribution in [2.45, 2.75) is 13.1 Å². The minimum Gasteiger partial charge on any atom is -0.348 e. The number of nitrogens with zero attached hydrogens (tertiary/aromatic N) is 2. The second kappa shape index (κ2) is 11.5. The fraction of sp³-hybridized carbons (Fsp3) is 0.259. The first-order valence-electron chi connectivity index (χ1n) is 11.8. The smallest absolute Gasteiger partial charge is 0.255 e. The molecule has 0 spiro atoms. The maximum Gasteiger partial charge on any atom is 0.255 e. The van der Waals surface area contributed by atoms with Crippen molar-refractivity contribution < 1.29 is 18.0 Å². The number of anilines is 1. The van der Waals surface area contributed by atoms with Gasteiger partial charge in [0.2, 0.25) is 10.0 Å². The van der Waals surface area contributed by atoms with Gasteiger partial charge in [-0.15, -0.1) is 0 Å². The molecule has 1 heterocycles. The molecule has 1 fully saturated rings. The van der Waals surface area contributed by atoms with Crippen LogP contribution >= 0.6 is 0 Å². The number of piperazine rings is 1. The lowest BCUT2D eigenvalue weighted by atomic mass is 10.1. The highest BCUT2D eigenvalue weighted by Gasteiger charge is 2.23. The van der Waals surface area contributed by atoms with Gasteiger partial charge in [0.05, 0.1) is 17.5 Å². The average molecular weight is 507 g/mol. The highest BCUT2D eigenvalue weighted by molar-refractivity contribution is 7.88. The number of hydrogen-bond donors (Lipinski definition) is 2. The van der Waals surface area contributed by atoms with Crippen LogP contribution in [0.5, 0.6) is 0 Å². The minimum atomic E-state index is -3.15. The molecule has 9 heteroatoms. The lowest BCUT2D eigenvalue weighted by Gasteiger charge is -2.33. The molecule has 2 N–H and O–H groups in total. The fourth-order valence-electron chi connectivity index (χ4n) is 4.10. The molecule has 36 heavy (non-hydrogen) atoms. The Kier molecular flexibility index (Phi) is 8.14. The number of nitrogens with one attached hydrogen (secondary N) is 2. The Morgan fingerprint density at radius 3 is 2.08 bits per heavy atom. The number of para-hydroxylation sites is 1. The predicted octanol–water partition coefficient (Wildman–Crippen LogP) is 2.95. The summed E-state index contributed by atoms with van der Waals surface area (Å²) in [5, 5.41) is 5.75. The van der Waals surface area contributed by atoms with E-state index in [0.717, 1.165) is 11.1 Å². The van der Waals surface area contributed by atoms with Crippen LogP contribution in [0.25, 0.3) is 0 Å². The first-order chi connectivity index (χ1) is 17.3. The first-order valence-corrected chi connectivity index (χ1v) is 13.6. The number of carbonyl (C=O) groups is 2. The number of sulfonamides is 1. The molecule has 1 aliphatic rings. The second-order valence-electron chi connectivity index (χ2n) is 8.80. The zero-order valence-corrected chi connectivity index (χ0v) is 21.0. The highest BCUT2D eigenvalue weighted by Crippen LogP contribution is 2.18. The Morgan fingerprint density at radius 1 is 0.778 bits per heavy atom. The molecule has 1 saturated heterocycles. The maximum absolute atomic E-state index is 12.9. The molecule has 4 rings (SSSR count). The Morgan fingerprint density at radius 2 is 1.42 bits per heavy atom. The van der Waals surface area contributed by atoms with Gasteiger partial charge in [0.15, 0.2) is 0 Å². The van der Waals surface area contributed by atoms with Crippen molar-refractivity contribution in [1.82, 2.24) is 14.5 Å².